The maximum Gasteiger partial charge on any atom is 0.327 e. The zero-order valence-electron chi connectivity index (χ0n) is 17.8. The highest BCUT2D eigenvalue weighted by Crippen LogP contribution is 2.50. The maximum atomic E-state index is 13.1. The number of nitrogens with zero attached hydrogens (tertiary/aromatic N) is 3. The van der Waals surface area contributed by atoms with E-state index in [4.69, 9.17) is 10.6 Å². The number of carbonyl (C=O) groups excluding carboxylic acids is 2. The predicted molar refractivity (Wildman–Crippen MR) is 121 cm³/mol. The number of fused-ring (bicyclic) bond motifs is 1. The van der Waals surface area contributed by atoms with Crippen LogP contribution >= 0.6 is 23.1 Å². The number of sulfone groups is 1. The number of rotatable bonds is 6. The molecule has 3 fully saturated rings. The fourth-order valence-corrected chi connectivity index (χ4v) is 7.68. The monoisotopic (exact) mass is 517 g/mol. The summed E-state index contributed by atoms with van der Waals surface area (Å²) >= 11 is 2.40. The minimum Gasteiger partial charge on any atom is -0.480 e. The molecule has 0 saturated carbocycles. The average molecular weight is 518 g/mol. The molecule has 0 bridgehead atoms. The van der Waals surface area contributed by atoms with Crippen LogP contribution < -0.4 is 11.1 Å². The van der Waals surface area contributed by atoms with Gasteiger partial charge >= 0.3 is 5.97 Å². The Morgan fingerprint density at radius 3 is 2.61 bits per heavy atom. The lowest BCUT2D eigenvalue weighted by molar-refractivity contribution is -0.160. The summed E-state index contributed by atoms with van der Waals surface area (Å²) in [6.45, 7) is 3.48. The highest BCUT2D eigenvalue weighted by molar-refractivity contribution is 8.01. The molecule has 4 N–H and O–H groups in total. The van der Waals surface area contributed by atoms with E-state index in [0.717, 1.165) is 11.3 Å². The van der Waals surface area contributed by atoms with Crippen LogP contribution in [0.3, 0.4) is 0 Å². The summed E-state index contributed by atoms with van der Waals surface area (Å²) in [7, 11) is -3.09. The number of aliphatic carboxylic acids is 1. The van der Waals surface area contributed by atoms with E-state index in [9.17, 15) is 27.9 Å². The summed E-state index contributed by atoms with van der Waals surface area (Å²) < 4.78 is 22.5. The van der Waals surface area contributed by atoms with Gasteiger partial charge in [-0.2, -0.15) is 0 Å². The number of hydrogen-bond donors (Lipinski definition) is 3. The molecule has 2 amide bonds. The van der Waals surface area contributed by atoms with Gasteiger partial charge in [0, 0.05) is 23.0 Å². The Morgan fingerprint density at radius 2 is 2.03 bits per heavy atom. The fraction of sp³-hybridized carbons (Fsp3) is 0.611. The first-order valence-corrected chi connectivity index (χ1v) is 13.7. The Morgan fingerprint density at radius 1 is 1.36 bits per heavy atom. The lowest BCUT2D eigenvalue weighted by Crippen LogP contribution is -2.71. The zero-order chi connectivity index (χ0) is 24.1. The number of carbonyl (C=O) groups is 3. The van der Waals surface area contributed by atoms with E-state index in [0.29, 0.717) is 0 Å². The standard InChI is InChI=1S/C18H23N5O7S3/c1-18(2)12(16(26)27)23-14(25)11(15(23)32-18)21-13(24)10(9-7-31-17(19)20-9)22-30-8-3-5-33(28,29)6-4-8/h7-8,11-12,15H,3-6H2,1-2H3,(H2,19,20)(H,21,24)(H,26,27)/b22-10-/t11-,12-,15+/m0/s1. The molecule has 15 heteroatoms. The maximum absolute atomic E-state index is 13.1. The van der Waals surface area contributed by atoms with Crippen LogP contribution in [-0.4, -0.2) is 86.7 Å². The zero-order valence-corrected chi connectivity index (χ0v) is 20.2. The number of carboxylic acids is 1. The van der Waals surface area contributed by atoms with Gasteiger partial charge in [-0.15, -0.1) is 23.1 Å². The molecular weight excluding hydrogens is 494 g/mol. The highest BCUT2D eigenvalue weighted by Gasteiger charge is 2.64. The van der Waals surface area contributed by atoms with Crippen LogP contribution in [0, 0.1) is 0 Å². The first kappa shape index (κ1) is 23.8. The molecule has 0 aromatic carbocycles. The summed E-state index contributed by atoms with van der Waals surface area (Å²) in [6.07, 6.45) is 0.0245. The second kappa shape index (κ2) is 8.43. The smallest absolute Gasteiger partial charge is 0.327 e. The number of anilines is 1. The minimum atomic E-state index is -3.09. The Bertz CT molecular complexity index is 1120. The molecule has 33 heavy (non-hydrogen) atoms. The molecule has 12 nitrogen and oxygen atoms in total. The van der Waals surface area contributed by atoms with Crippen molar-refractivity contribution in [2.75, 3.05) is 17.2 Å². The van der Waals surface area contributed by atoms with Crippen molar-refractivity contribution in [3.63, 3.8) is 0 Å². The molecule has 3 atom stereocenters. The van der Waals surface area contributed by atoms with Gasteiger partial charge in [-0.1, -0.05) is 5.16 Å². The lowest BCUT2D eigenvalue weighted by Gasteiger charge is -2.43. The van der Waals surface area contributed by atoms with Crippen molar-refractivity contribution in [3.8, 4) is 0 Å². The Hall–Kier alpha value is -2.39. The van der Waals surface area contributed by atoms with Crippen molar-refractivity contribution in [1.82, 2.24) is 15.2 Å². The number of thiazole rings is 1. The number of carboxylic acid groups (broad SMARTS) is 1. The second-order valence-corrected chi connectivity index (χ2v) is 13.5. The highest BCUT2D eigenvalue weighted by atomic mass is 32.2. The van der Waals surface area contributed by atoms with Crippen molar-refractivity contribution in [3.05, 3.63) is 11.1 Å². The molecule has 3 aliphatic rings. The third-order valence-electron chi connectivity index (χ3n) is 5.74. The van der Waals surface area contributed by atoms with E-state index < -0.39 is 55.9 Å². The van der Waals surface area contributed by atoms with Gasteiger partial charge in [0.05, 0.1) is 11.5 Å². The number of aromatic nitrogens is 1. The van der Waals surface area contributed by atoms with Crippen LogP contribution in [0.15, 0.2) is 10.5 Å². The van der Waals surface area contributed by atoms with Crippen LogP contribution in [0.5, 0.6) is 0 Å². The third kappa shape index (κ3) is 4.53. The number of β-lactam (4-membered cyclic amide) rings is 1. The van der Waals surface area contributed by atoms with Crippen LogP contribution in [0.2, 0.25) is 0 Å². The molecular formula is C18H23N5O7S3. The first-order chi connectivity index (χ1) is 15.4. The van der Waals surface area contributed by atoms with Crippen molar-refractivity contribution in [1.29, 1.82) is 0 Å². The number of hydrogen-bond acceptors (Lipinski definition) is 11. The van der Waals surface area contributed by atoms with Gasteiger partial charge in [0.15, 0.2) is 20.7 Å². The average Bonchev–Trinajstić information content (AvgIpc) is 3.26. The van der Waals surface area contributed by atoms with Crippen molar-refractivity contribution < 1.29 is 32.7 Å². The van der Waals surface area contributed by atoms with Gasteiger partial charge < -0.3 is 25.9 Å². The number of oxime groups is 1. The predicted octanol–water partition coefficient (Wildman–Crippen LogP) is -0.345. The number of nitrogen functional groups attached to an aromatic ring is 1. The van der Waals surface area contributed by atoms with Crippen LogP contribution in [0.1, 0.15) is 32.4 Å². The Labute approximate surface area is 197 Å². The Kier molecular flexibility index (Phi) is 6.07. The quantitative estimate of drug-likeness (QED) is 0.256. The topological polar surface area (TPSA) is 181 Å². The largest absolute Gasteiger partial charge is 0.480 e. The van der Waals surface area contributed by atoms with Crippen LogP contribution in [0.4, 0.5) is 5.13 Å². The van der Waals surface area contributed by atoms with Gasteiger partial charge in [0.2, 0.25) is 5.91 Å². The molecule has 0 spiro atoms. The summed E-state index contributed by atoms with van der Waals surface area (Å²) in [4.78, 5) is 48.2. The van der Waals surface area contributed by atoms with Crippen LogP contribution in [-0.2, 0) is 29.1 Å². The molecule has 1 aromatic rings. The molecule has 3 saturated heterocycles. The van der Waals surface area contributed by atoms with Gasteiger partial charge in [-0.3, -0.25) is 9.59 Å². The molecule has 3 aliphatic heterocycles. The summed E-state index contributed by atoms with van der Waals surface area (Å²) in [5, 5.41) is 17.3. The summed E-state index contributed by atoms with van der Waals surface area (Å²) in [5.74, 6) is -2.36. The summed E-state index contributed by atoms with van der Waals surface area (Å²) in [6, 6.07) is -1.92. The molecule has 0 radical (unpaired) electrons. The van der Waals surface area contributed by atoms with E-state index in [1.807, 2.05) is 0 Å². The van der Waals surface area contributed by atoms with E-state index in [1.54, 1.807) is 13.8 Å². The molecule has 0 aliphatic carbocycles. The van der Waals surface area contributed by atoms with Gasteiger partial charge in [-0.05, 0) is 13.8 Å². The Balaban J connectivity index is 1.50. The number of nitrogens with two attached hydrogens (primary N) is 1. The second-order valence-electron chi connectivity index (χ2n) is 8.52. The van der Waals surface area contributed by atoms with Gasteiger partial charge in [0.25, 0.3) is 5.91 Å². The van der Waals surface area contributed by atoms with Crippen molar-refractivity contribution >= 4 is 61.6 Å². The van der Waals surface area contributed by atoms with E-state index in [1.165, 1.54) is 22.0 Å². The van der Waals surface area contributed by atoms with E-state index in [2.05, 4.69) is 15.5 Å². The lowest BCUT2D eigenvalue weighted by atomic mass is 9.96. The minimum absolute atomic E-state index is 0.0236. The SMILES string of the molecule is CC1(C)S[C@@H]2[C@@H](NC(=O)/C(=N\OC3CCS(=O)(=O)CC3)c3csc(N)n3)C(=O)N2[C@H]1C(=O)O. The molecule has 1 aromatic heterocycles. The van der Waals surface area contributed by atoms with Crippen LogP contribution in [0.25, 0.3) is 0 Å². The third-order valence-corrected chi connectivity index (χ3v) is 9.70. The summed E-state index contributed by atoms with van der Waals surface area (Å²) in [5.41, 5.74) is 5.65. The fourth-order valence-electron chi connectivity index (χ4n) is 4.06. The van der Waals surface area contributed by atoms with E-state index >= 15 is 0 Å². The molecule has 0 unspecified atom stereocenters. The molecule has 180 valence electrons. The number of amides is 2. The molecule has 4 heterocycles. The van der Waals surface area contributed by atoms with Crippen molar-refractivity contribution in [2.24, 2.45) is 5.16 Å². The van der Waals surface area contributed by atoms with E-state index in [-0.39, 0.29) is 40.9 Å². The van der Waals surface area contributed by atoms with Gasteiger partial charge in [0.1, 0.15) is 29.3 Å². The van der Waals surface area contributed by atoms with Crippen molar-refractivity contribution in [2.45, 2.75) is 55.0 Å². The first-order valence-electron chi connectivity index (χ1n) is 10.1. The number of nitrogens with one attached hydrogen (secondary N) is 1. The number of thioether (sulfide) groups is 1. The molecule has 4 rings (SSSR count). The normalized spacial score (nSPS) is 28.7. The van der Waals surface area contributed by atoms with Gasteiger partial charge in [-0.25, -0.2) is 18.2 Å².